The van der Waals surface area contributed by atoms with Crippen molar-refractivity contribution in [3.63, 3.8) is 0 Å². The zero-order valence-corrected chi connectivity index (χ0v) is 17.0. The third-order valence-corrected chi connectivity index (χ3v) is 5.59. The molecule has 3 rings (SSSR count). The van der Waals surface area contributed by atoms with E-state index in [9.17, 15) is 9.59 Å². The summed E-state index contributed by atoms with van der Waals surface area (Å²) in [6.45, 7) is 8.63. The number of piperidine rings is 1. The predicted octanol–water partition coefficient (Wildman–Crippen LogP) is 2.17. The molecule has 28 heavy (non-hydrogen) atoms. The topological polar surface area (TPSA) is 61.9 Å². The first-order valence-corrected chi connectivity index (χ1v) is 10.5. The molecule has 0 spiro atoms. The minimum Gasteiger partial charge on any atom is -0.378 e. The lowest BCUT2D eigenvalue weighted by molar-refractivity contribution is -0.137. The number of nitrogens with one attached hydrogen (secondary N) is 1. The molecule has 6 heteroatoms. The zero-order valence-electron chi connectivity index (χ0n) is 17.0. The highest BCUT2D eigenvalue weighted by Crippen LogP contribution is 2.18. The number of rotatable bonds is 7. The third-order valence-electron chi connectivity index (χ3n) is 5.59. The van der Waals surface area contributed by atoms with Crippen LogP contribution in [0.1, 0.15) is 43.7 Å². The summed E-state index contributed by atoms with van der Waals surface area (Å²) in [6.07, 6.45) is 3.13. The maximum Gasteiger partial charge on any atom is 0.223 e. The second-order valence-electron chi connectivity index (χ2n) is 8.07. The number of benzene rings is 1. The van der Waals surface area contributed by atoms with Crippen LogP contribution in [0.5, 0.6) is 0 Å². The van der Waals surface area contributed by atoms with E-state index in [-0.39, 0.29) is 24.7 Å². The lowest BCUT2D eigenvalue weighted by Crippen LogP contribution is -2.41. The Labute approximate surface area is 168 Å². The van der Waals surface area contributed by atoms with Crippen LogP contribution in [0.4, 0.5) is 0 Å². The summed E-state index contributed by atoms with van der Waals surface area (Å²) in [6, 6.07) is 8.48. The highest BCUT2D eigenvalue weighted by Gasteiger charge is 2.18. The Kier molecular flexibility index (Phi) is 7.86. The van der Waals surface area contributed by atoms with Crippen LogP contribution in [0.15, 0.2) is 24.3 Å². The Morgan fingerprint density at radius 2 is 1.79 bits per heavy atom. The molecule has 0 bridgehead atoms. The molecule has 154 valence electrons. The van der Waals surface area contributed by atoms with E-state index in [0.29, 0.717) is 32.8 Å². The van der Waals surface area contributed by atoms with Gasteiger partial charge in [-0.25, -0.2) is 0 Å². The van der Waals surface area contributed by atoms with Crippen molar-refractivity contribution in [1.82, 2.24) is 15.1 Å². The molecule has 2 aliphatic rings. The molecule has 0 aliphatic carbocycles. The van der Waals surface area contributed by atoms with Gasteiger partial charge in [0.05, 0.1) is 13.2 Å². The molecule has 2 heterocycles. The highest BCUT2D eigenvalue weighted by molar-refractivity contribution is 5.83. The quantitative estimate of drug-likeness (QED) is 0.779. The van der Waals surface area contributed by atoms with Crippen LogP contribution in [0, 0.1) is 5.92 Å². The number of morpholine rings is 1. The van der Waals surface area contributed by atoms with Crippen LogP contribution in [-0.4, -0.2) is 61.0 Å². The molecule has 0 saturated carbocycles. The Hall–Kier alpha value is -1.92. The minimum atomic E-state index is -0.0759. The molecule has 0 aromatic heterocycles. The first kappa shape index (κ1) is 20.8. The molecule has 1 N–H and O–H groups in total. The first-order chi connectivity index (χ1) is 13.6. The monoisotopic (exact) mass is 387 g/mol. The van der Waals surface area contributed by atoms with Crippen LogP contribution >= 0.6 is 0 Å². The van der Waals surface area contributed by atoms with Crippen molar-refractivity contribution in [1.29, 1.82) is 0 Å². The van der Waals surface area contributed by atoms with Crippen molar-refractivity contribution in [3.05, 3.63) is 35.4 Å². The van der Waals surface area contributed by atoms with Gasteiger partial charge in [0.2, 0.25) is 11.8 Å². The summed E-state index contributed by atoms with van der Waals surface area (Å²) < 4.78 is 5.24. The molecule has 2 saturated heterocycles. The molecule has 0 unspecified atom stereocenters. The maximum atomic E-state index is 12.1. The molecular formula is C22H33N3O3. The fourth-order valence-electron chi connectivity index (χ4n) is 3.93. The number of hydrogen-bond acceptors (Lipinski definition) is 4. The molecule has 1 atom stereocenters. The fraction of sp³-hybridized carbons (Fsp3) is 0.636. The summed E-state index contributed by atoms with van der Waals surface area (Å²) >= 11 is 0. The number of amides is 2. The molecular weight excluding hydrogens is 354 g/mol. The maximum absolute atomic E-state index is 12.1. The van der Waals surface area contributed by atoms with Gasteiger partial charge in [-0.3, -0.25) is 14.5 Å². The summed E-state index contributed by atoms with van der Waals surface area (Å²) in [4.78, 5) is 28.4. The van der Waals surface area contributed by atoms with E-state index < -0.39 is 0 Å². The van der Waals surface area contributed by atoms with Crippen LogP contribution in [-0.2, 0) is 27.4 Å². The number of hydrogen-bond donors (Lipinski definition) is 1. The van der Waals surface area contributed by atoms with Crippen molar-refractivity contribution in [3.8, 4) is 0 Å². The average molecular weight is 388 g/mol. The second kappa shape index (κ2) is 10.6. The molecule has 2 fully saturated rings. The summed E-state index contributed by atoms with van der Waals surface area (Å²) in [7, 11) is 0. The van der Waals surface area contributed by atoms with Gasteiger partial charge in [0.1, 0.15) is 0 Å². The van der Waals surface area contributed by atoms with E-state index in [2.05, 4.69) is 41.4 Å². The Morgan fingerprint density at radius 1 is 1.07 bits per heavy atom. The van der Waals surface area contributed by atoms with E-state index in [1.54, 1.807) is 4.90 Å². The zero-order chi connectivity index (χ0) is 19.8. The average Bonchev–Trinajstić information content (AvgIpc) is 2.72. The first-order valence-electron chi connectivity index (χ1n) is 10.5. The standard InChI is InChI=1S/C22H33N3O3/c1-18-3-2-10-24(16-18)17-20-6-4-19(5-7-20)15-23-21(26)8-9-22(27)25-11-13-28-14-12-25/h4-7,18H,2-3,8-17H2,1H3,(H,23,26)/t18-/m1/s1. The molecule has 6 nitrogen and oxygen atoms in total. The highest BCUT2D eigenvalue weighted by atomic mass is 16.5. The fourth-order valence-corrected chi connectivity index (χ4v) is 3.93. The van der Waals surface area contributed by atoms with Gasteiger partial charge in [-0.2, -0.15) is 0 Å². The number of carbonyl (C=O) groups is 2. The van der Waals surface area contributed by atoms with Gasteiger partial charge in [0.15, 0.2) is 0 Å². The minimum absolute atomic E-state index is 0.0369. The summed E-state index contributed by atoms with van der Waals surface area (Å²) in [5.74, 6) is 0.751. The third kappa shape index (κ3) is 6.60. The molecule has 2 amide bonds. The lowest BCUT2D eigenvalue weighted by atomic mass is 9.99. The van der Waals surface area contributed by atoms with Crippen molar-refractivity contribution in [2.75, 3.05) is 39.4 Å². The molecule has 2 aliphatic heterocycles. The van der Waals surface area contributed by atoms with Crippen molar-refractivity contribution >= 4 is 11.8 Å². The second-order valence-corrected chi connectivity index (χ2v) is 8.07. The van der Waals surface area contributed by atoms with E-state index >= 15 is 0 Å². The Bertz CT molecular complexity index is 641. The summed E-state index contributed by atoms with van der Waals surface area (Å²) in [5, 5.41) is 2.92. The number of nitrogens with zero attached hydrogens (tertiary/aromatic N) is 2. The van der Waals surface area contributed by atoms with Gasteiger partial charge in [0.25, 0.3) is 0 Å². The molecule has 1 aromatic carbocycles. The lowest BCUT2D eigenvalue weighted by Gasteiger charge is -2.30. The van der Waals surface area contributed by atoms with Crippen LogP contribution in [0.2, 0.25) is 0 Å². The van der Waals surface area contributed by atoms with Gasteiger partial charge in [-0.1, -0.05) is 31.2 Å². The SMILES string of the molecule is C[C@@H]1CCCN(Cc2ccc(CNC(=O)CCC(=O)N3CCOCC3)cc2)C1. The number of carbonyl (C=O) groups excluding carboxylic acids is 2. The van der Waals surface area contributed by atoms with Gasteiger partial charge in [0, 0.05) is 45.6 Å². The van der Waals surface area contributed by atoms with Gasteiger partial charge in [-0.05, 0) is 36.4 Å². The van der Waals surface area contributed by atoms with Gasteiger partial charge < -0.3 is 15.0 Å². The van der Waals surface area contributed by atoms with Crippen LogP contribution < -0.4 is 5.32 Å². The summed E-state index contributed by atoms with van der Waals surface area (Å²) in [5.41, 5.74) is 2.41. The van der Waals surface area contributed by atoms with Gasteiger partial charge >= 0.3 is 0 Å². The number of ether oxygens (including phenoxy) is 1. The van der Waals surface area contributed by atoms with Crippen molar-refractivity contribution in [2.45, 2.75) is 45.7 Å². The van der Waals surface area contributed by atoms with Crippen molar-refractivity contribution < 1.29 is 14.3 Å². The largest absolute Gasteiger partial charge is 0.378 e. The normalized spacial score (nSPS) is 20.8. The molecule has 1 aromatic rings. The van der Waals surface area contributed by atoms with Gasteiger partial charge in [-0.15, -0.1) is 0 Å². The van der Waals surface area contributed by atoms with E-state index in [1.807, 2.05) is 0 Å². The van der Waals surface area contributed by atoms with Crippen LogP contribution in [0.3, 0.4) is 0 Å². The smallest absolute Gasteiger partial charge is 0.223 e. The van der Waals surface area contributed by atoms with E-state index in [0.717, 1.165) is 18.0 Å². The van der Waals surface area contributed by atoms with E-state index in [4.69, 9.17) is 4.74 Å². The Balaban J connectivity index is 1.35. The predicted molar refractivity (Wildman–Crippen MR) is 109 cm³/mol. The van der Waals surface area contributed by atoms with Crippen molar-refractivity contribution in [2.24, 2.45) is 5.92 Å². The Morgan fingerprint density at radius 3 is 2.50 bits per heavy atom. The van der Waals surface area contributed by atoms with E-state index in [1.165, 1.54) is 31.5 Å². The molecule has 0 radical (unpaired) electrons. The number of likely N-dealkylation sites (tertiary alicyclic amines) is 1. The van der Waals surface area contributed by atoms with Crippen LogP contribution in [0.25, 0.3) is 0 Å².